The normalized spacial score (nSPS) is 16.9. The number of benzene rings is 2. The summed E-state index contributed by atoms with van der Waals surface area (Å²) in [7, 11) is -2.23. The van der Waals surface area contributed by atoms with E-state index < -0.39 is 15.9 Å². The van der Waals surface area contributed by atoms with E-state index in [1.165, 1.54) is 4.31 Å². The molecule has 0 unspecified atom stereocenters. The predicted molar refractivity (Wildman–Crippen MR) is 126 cm³/mol. The number of carbonyl (C=O) groups excluding carboxylic acids is 1. The van der Waals surface area contributed by atoms with Crippen molar-refractivity contribution in [3.8, 4) is 17.1 Å². The second-order valence-electron chi connectivity index (χ2n) is 8.35. The molecule has 1 amide bonds. The van der Waals surface area contributed by atoms with Crippen molar-refractivity contribution in [2.45, 2.75) is 38.1 Å². The van der Waals surface area contributed by atoms with Crippen LogP contribution in [0.25, 0.3) is 11.4 Å². The van der Waals surface area contributed by atoms with E-state index in [1.54, 1.807) is 39.2 Å². The van der Waals surface area contributed by atoms with E-state index in [4.69, 9.17) is 9.26 Å². The Labute approximate surface area is 199 Å². The van der Waals surface area contributed by atoms with Gasteiger partial charge in [-0.3, -0.25) is 4.79 Å². The van der Waals surface area contributed by atoms with Crippen molar-refractivity contribution in [2.75, 3.05) is 20.2 Å². The van der Waals surface area contributed by atoms with E-state index in [2.05, 4.69) is 15.5 Å². The van der Waals surface area contributed by atoms with Crippen LogP contribution >= 0.6 is 0 Å². The smallest absolute Gasteiger partial charge is 0.243 e. The molecule has 0 radical (unpaired) electrons. The molecule has 0 aliphatic carbocycles. The lowest BCUT2D eigenvalue weighted by atomic mass is 9.98. The first kappa shape index (κ1) is 23.9. The topological polar surface area (TPSA) is 115 Å². The van der Waals surface area contributed by atoms with Gasteiger partial charge in [0.05, 0.1) is 17.9 Å². The number of amides is 1. The number of aryl methyl sites for hydroxylation is 2. The highest BCUT2D eigenvalue weighted by atomic mass is 32.2. The highest BCUT2D eigenvalue weighted by molar-refractivity contribution is 7.89. The molecule has 1 aliphatic rings. The Bertz CT molecular complexity index is 1290. The lowest BCUT2D eigenvalue weighted by Crippen LogP contribution is -2.45. The first-order chi connectivity index (χ1) is 16.3. The molecule has 1 aliphatic heterocycles. The van der Waals surface area contributed by atoms with Crippen molar-refractivity contribution in [1.82, 2.24) is 19.8 Å². The van der Waals surface area contributed by atoms with Crippen LogP contribution in [-0.2, 0) is 21.4 Å². The molecule has 1 aromatic heterocycles. The summed E-state index contributed by atoms with van der Waals surface area (Å²) >= 11 is 0. The molecule has 1 atom stereocenters. The second kappa shape index (κ2) is 9.94. The highest BCUT2D eigenvalue weighted by Gasteiger charge is 2.34. The zero-order valence-corrected chi connectivity index (χ0v) is 20.3. The van der Waals surface area contributed by atoms with E-state index >= 15 is 0 Å². The number of sulfonamides is 1. The van der Waals surface area contributed by atoms with E-state index in [0.717, 1.165) is 5.56 Å². The maximum Gasteiger partial charge on any atom is 0.243 e. The summed E-state index contributed by atoms with van der Waals surface area (Å²) in [5, 5.41) is 6.82. The Morgan fingerprint density at radius 2 is 2.03 bits per heavy atom. The number of rotatable bonds is 7. The van der Waals surface area contributed by atoms with Gasteiger partial charge < -0.3 is 14.6 Å². The average molecular weight is 485 g/mol. The molecular formula is C24H28N4O5S. The number of piperidine rings is 1. The third-order valence-corrected chi connectivity index (χ3v) is 8.00. The van der Waals surface area contributed by atoms with Crippen molar-refractivity contribution in [1.29, 1.82) is 0 Å². The molecule has 2 aromatic carbocycles. The van der Waals surface area contributed by atoms with E-state index in [0.29, 0.717) is 54.5 Å². The fourth-order valence-corrected chi connectivity index (χ4v) is 5.90. The van der Waals surface area contributed by atoms with Crippen LogP contribution in [0.15, 0.2) is 51.9 Å². The molecule has 0 bridgehead atoms. The molecular weight excluding hydrogens is 456 g/mol. The molecule has 1 N–H and O–H groups in total. The molecule has 1 saturated heterocycles. The largest absolute Gasteiger partial charge is 0.496 e. The molecule has 9 nitrogen and oxygen atoms in total. The van der Waals surface area contributed by atoms with Crippen LogP contribution in [0.5, 0.6) is 5.75 Å². The van der Waals surface area contributed by atoms with Crippen LogP contribution in [0, 0.1) is 19.8 Å². The predicted octanol–water partition coefficient (Wildman–Crippen LogP) is 3.08. The number of methoxy groups -OCH3 is 1. The molecule has 4 rings (SSSR count). The number of ether oxygens (including phenoxy) is 1. The van der Waals surface area contributed by atoms with Gasteiger partial charge >= 0.3 is 0 Å². The maximum atomic E-state index is 13.5. The van der Waals surface area contributed by atoms with Crippen LogP contribution in [-0.4, -0.2) is 49.0 Å². The number of aromatic nitrogens is 2. The summed E-state index contributed by atoms with van der Waals surface area (Å²) in [5.41, 5.74) is 2.04. The fourth-order valence-electron chi connectivity index (χ4n) is 4.12. The molecule has 180 valence electrons. The van der Waals surface area contributed by atoms with Crippen molar-refractivity contribution in [3.05, 3.63) is 59.5 Å². The lowest BCUT2D eigenvalue weighted by Gasteiger charge is -2.31. The van der Waals surface area contributed by atoms with Crippen LogP contribution < -0.4 is 10.1 Å². The van der Waals surface area contributed by atoms with Crippen LogP contribution in [0.3, 0.4) is 0 Å². The number of nitrogens with one attached hydrogen (secondary N) is 1. The average Bonchev–Trinajstić information content (AvgIpc) is 3.29. The summed E-state index contributed by atoms with van der Waals surface area (Å²) in [5.74, 6) is 0.835. The Morgan fingerprint density at radius 3 is 2.76 bits per heavy atom. The summed E-state index contributed by atoms with van der Waals surface area (Å²) in [4.78, 5) is 17.3. The van der Waals surface area contributed by atoms with Gasteiger partial charge in [-0.15, -0.1) is 0 Å². The molecule has 2 heterocycles. The summed E-state index contributed by atoms with van der Waals surface area (Å²) in [6.07, 6.45) is 1.24. The summed E-state index contributed by atoms with van der Waals surface area (Å²) < 4.78 is 38.8. The fraction of sp³-hybridized carbons (Fsp3) is 0.375. The van der Waals surface area contributed by atoms with Crippen molar-refractivity contribution in [3.63, 3.8) is 0 Å². The number of hydrogen-bond donors (Lipinski definition) is 1. The molecule has 1 fully saturated rings. The SMILES string of the molecule is COc1ccccc1CNC(=O)[C@H]1CCCN(S(=O)(=O)c2cc(-c3noc(C)n3)ccc2C)C1. The third kappa shape index (κ3) is 4.97. The van der Waals surface area contributed by atoms with Crippen LogP contribution in [0.1, 0.15) is 29.9 Å². The van der Waals surface area contributed by atoms with Crippen molar-refractivity contribution in [2.24, 2.45) is 5.92 Å². The summed E-state index contributed by atoms with van der Waals surface area (Å²) in [6, 6.07) is 12.5. The third-order valence-electron chi connectivity index (χ3n) is 5.99. The standard InChI is InChI=1S/C24H28N4O5S/c1-16-10-11-18(23-26-17(2)33-27-23)13-22(16)34(30,31)28-12-6-8-20(15-28)24(29)25-14-19-7-4-5-9-21(19)32-3/h4-5,7,9-11,13,20H,6,8,12,14-15H2,1-3H3,(H,25,29)/t20-/m0/s1. The van der Waals surface area contributed by atoms with E-state index in [-0.39, 0.29) is 17.3 Å². The summed E-state index contributed by atoms with van der Waals surface area (Å²) in [6.45, 7) is 4.24. The van der Waals surface area contributed by atoms with Gasteiger partial charge in [-0.1, -0.05) is 35.5 Å². The molecule has 0 spiro atoms. The number of nitrogens with zero attached hydrogens (tertiary/aromatic N) is 3. The van der Waals surface area contributed by atoms with Gasteiger partial charge in [0.2, 0.25) is 27.6 Å². The Kier molecular flexibility index (Phi) is 6.99. The first-order valence-electron chi connectivity index (χ1n) is 11.1. The Hall–Kier alpha value is -3.24. The van der Waals surface area contributed by atoms with Crippen LogP contribution in [0.4, 0.5) is 0 Å². The van der Waals surface area contributed by atoms with Crippen molar-refractivity contribution >= 4 is 15.9 Å². The molecule has 34 heavy (non-hydrogen) atoms. The quantitative estimate of drug-likeness (QED) is 0.548. The Balaban J connectivity index is 1.49. The van der Waals surface area contributed by atoms with Gasteiger partial charge in [0, 0.05) is 37.7 Å². The van der Waals surface area contributed by atoms with Gasteiger partial charge in [0.15, 0.2) is 0 Å². The van der Waals surface area contributed by atoms with Gasteiger partial charge in [-0.2, -0.15) is 9.29 Å². The lowest BCUT2D eigenvalue weighted by molar-refractivity contribution is -0.126. The van der Waals surface area contributed by atoms with Gasteiger partial charge in [-0.05, 0) is 37.5 Å². The van der Waals surface area contributed by atoms with Crippen molar-refractivity contribution < 1.29 is 22.5 Å². The monoisotopic (exact) mass is 484 g/mol. The minimum Gasteiger partial charge on any atom is -0.496 e. The number of hydrogen-bond acceptors (Lipinski definition) is 7. The minimum atomic E-state index is -3.81. The molecule has 0 saturated carbocycles. The zero-order chi connectivity index (χ0) is 24.3. The van der Waals surface area contributed by atoms with Gasteiger partial charge in [0.25, 0.3) is 0 Å². The van der Waals surface area contributed by atoms with Gasteiger partial charge in [0.1, 0.15) is 5.75 Å². The molecule has 3 aromatic rings. The van der Waals surface area contributed by atoms with Gasteiger partial charge in [-0.25, -0.2) is 8.42 Å². The number of para-hydroxylation sites is 1. The zero-order valence-electron chi connectivity index (χ0n) is 19.4. The highest BCUT2D eigenvalue weighted by Crippen LogP contribution is 2.29. The van der Waals surface area contributed by atoms with E-state index in [9.17, 15) is 13.2 Å². The number of carbonyl (C=O) groups is 1. The first-order valence-corrected chi connectivity index (χ1v) is 12.5. The molecule has 10 heteroatoms. The Morgan fingerprint density at radius 1 is 1.24 bits per heavy atom. The van der Waals surface area contributed by atoms with Crippen LogP contribution in [0.2, 0.25) is 0 Å². The van der Waals surface area contributed by atoms with E-state index in [1.807, 2.05) is 24.3 Å². The maximum absolute atomic E-state index is 13.5. The minimum absolute atomic E-state index is 0.130. The second-order valence-corrected chi connectivity index (χ2v) is 10.3.